The Morgan fingerprint density at radius 1 is 0.340 bits per heavy atom. The molecule has 4 amide bonds. The first kappa shape index (κ1) is 75.1. The number of aromatic nitrogens is 8. The first-order valence-corrected chi connectivity index (χ1v) is 31.7. The fourth-order valence-corrected chi connectivity index (χ4v) is 9.70. The lowest BCUT2D eigenvalue weighted by molar-refractivity contribution is -0.116. The molecule has 4 heterocycles. The van der Waals surface area contributed by atoms with Crippen molar-refractivity contribution < 1.29 is 67.5 Å². The predicted molar refractivity (Wildman–Crippen MR) is 372 cm³/mol. The molecule has 0 atom stereocenters. The number of hydrogen-bond acceptors (Lipinski definition) is 12. The Kier molecular flexibility index (Phi) is 25.4. The van der Waals surface area contributed by atoms with E-state index in [9.17, 15) is 67.5 Å². The van der Waals surface area contributed by atoms with Crippen molar-refractivity contribution in [2.24, 2.45) is 0 Å². The van der Waals surface area contributed by atoms with Gasteiger partial charge < -0.3 is 21.3 Å². The van der Waals surface area contributed by atoms with Crippen LogP contribution in [0.3, 0.4) is 0 Å². The van der Waals surface area contributed by atoms with E-state index in [1.54, 1.807) is 93.8 Å². The van der Waals surface area contributed by atoms with Crippen molar-refractivity contribution in [3.63, 3.8) is 0 Å². The molecule has 0 unspecified atom stereocenters. The van der Waals surface area contributed by atoms with Gasteiger partial charge in [-0.25, -0.2) is 88.2 Å². The molecule has 16 nitrogen and oxygen atoms in total. The summed E-state index contributed by atoms with van der Waals surface area (Å²) in [5, 5.41) is 10.3. The van der Waals surface area contributed by atoms with Gasteiger partial charge in [-0.3, -0.25) is 19.2 Å². The van der Waals surface area contributed by atoms with Gasteiger partial charge in [0.15, 0.2) is 58.2 Å². The van der Waals surface area contributed by atoms with E-state index in [1.807, 2.05) is 30.3 Å². The molecule has 12 rings (SSSR count). The molecule has 4 N–H and O–H groups in total. The van der Waals surface area contributed by atoms with Crippen LogP contribution >= 0.6 is 22.6 Å². The second-order valence-electron chi connectivity index (χ2n) is 22.2. The van der Waals surface area contributed by atoms with Crippen molar-refractivity contribution in [1.29, 1.82) is 0 Å². The molecule has 0 spiro atoms. The standard InChI is InChI=1S/C19H11F6N3O.C19H14F3N3O.C19H15FIN3O.C18H14FN3O/c1-8-19(26-7-12(27-8)9-2-4-10(20)5-3-9)28-13(29)6-11-14(21)16(23)18(25)17(24)15(11)22;1-11-19(23-10-17(24-11)13-3-5-14(20)6-4-13)25-18(26)9-12-2-7-15(21)16(22)8-12;1-12-19(24-18(25)10-13-2-8-16(21)9-3-13)22-11-17(23-12)14-4-6-15(20)7-5-14;1-12-17(22-18(23)14-5-3-2-4-6-14)20-11-16(21-12)13-7-9-15(19)10-8-13/h2-5,7H,6H2,1H3,(H,26,28,29);2-8,10H,9H2,1H3,(H,23,25,26);2-9,11H,10H2,1H3,(H,22,24,25);2-11H,1H3,(H,20,22,23). The molecule has 0 bridgehead atoms. The normalized spacial score (nSPS) is 10.6. The average molecular weight is 1520 g/mol. The number of hydrogen-bond donors (Lipinski definition) is 4. The predicted octanol–water partition coefficient (Wildman–Crippen LogP) is 16.7. The van der Waals surface area contributed by atoms with Gasteiger partial charge in [0.1, 0.15) is 23.3 Å². The summed E-state index contributed by atoms with van der Waals surface area (Å²) >= 11 is 2.22. The van der Waals surface area contributed by atoms with E-state index in [4.69, 9.17) is 0 Å². The quantitative estimate of drug-likeness (QED) is 0.0326. The topological polar surface area (TPSA) is 220 Å². The molecule has 0 aliphatic carbocycles. The fourth-order valence-electron chi connectivity index (χ4n) is 9.34. The fraction of sp³-hybridized carbons (Fsp3) is 0.0933. The maximum atomic E-state index is 13.7. The number of benzene rings is 8. The highest BCUT2D eigenvalue weighted by Gasteiger charge is 2.27. The van der Waals surface area contributed by atoms with Crippen LogP contribution in [0.4, 0.5) is 71.6 Å². The number of carbonyl (C=O) groups is 4. The summed E-state index contributed by atoms with van der Waals surface area (Å²) < 4.78 is 146. The van der Waals surface area contributed by atoms with Crippen molar-refractivity contribution in [1.82, 2.24) is 39.9 Å². The third-order valence-electron chi connectivity index (χ3n) is 14.7. The Morgan fingerprint density at radius 3 is 0.990 bits per heavy atom. The van der Waals surface area contributed by atoms with E-state index in [0.717, 1.165) is 32.4 Å². The minimum atomic E-state index is -2.30. The highest BCUT2D eigenvalue weighted by molar-refractivity contribution is 14.1. The van der Waals surface area contributed by atoms with Crippen molar-refractivity contribution in [2.45, 2.75) is 47.0 Å². The summed E-state index contributed by atoms with van der Waals surface area (Å²) in [7, 11) is 0. The van der Waals surface area contributed by atoms with Gasteiger partial charge in [-0.1, -0.05) is 36.4 Å². The van der Waals surface area contributed by atoms with E-state index in [-0.39, 0.29) is 59.4 Å². The second-order valence-corrected chi connectivity index (χ2v) is 23.4. The van der Waals surface area contributed by atoms with E-state index >= 15 is 0 Å². The lowest BCUT2D eigenvalue weighted by atomic mass is 10.1. The number of aryl methyl sites for hydroxylation is 4. The average Bonchev–Trinajstić information content (AvgIpc) is 0.805. The second kappa shape index (κ2) is 34.8. The third-order valence-corrected chi connectivity index (χ3v) is 15.4. The molecule has 0 saturated heterocycles. The first-order valence-electron chi connectivity index (χ1n) is 30.6. The van der Waals surface area contributed by atoms with Crippen LogP contribution in [0.5, 0.6) is 0 Å². The zero-order chi connectivity index (χ0) is 74.0. The van der Waals surface area contributed by atoms with Gasteiger partial charge in [-0.05, 0) is 195 Å². The minimum absolute atomic E-state index is 0.0651. The van der Waals surface area contributed by atoms with Crippen LogP contribution in [-0.4, -0.2) is 63.5 Å². The SMILES string of the molecule is Cc1nc(-c2ccc(F)cc2)cnc1NC(=O)Cc1c(F)c(F)c(F)c(F)c1F.Cc1nc(-c2ccc(F)cc2)cnc1NC(=O)Cc1ccc(F)c(F)c1.Cc1nc(-c2ccc(F)cc2)cnc1NC(=O)Cc1ccc(I)cc1.Cc1nc(-c2ccc(F)cc2)cnc1NC(=O)c1ccccc1. The molecule has 0 saturated carbocycles. The zero-order valence-electron chi connectivity index (χ0n) is 54.3. The summed E-state index contributed by atoms with van der Waals surface area (Å²) in [6, 6.07) is 43.3. The zero-order valence-corrected chi connectivity index (χ0v) is 56.5. The van der Waals surface area contributed by atoms with Crippen LogP contribution < -0.4 is 21.3 Å². The van der Waals surface area contributed by atoms with Crippen molar-refractivity contribution in [2.75, 3.05) is 21.3 Å². The Labute approximate surface area is 594 Å². The molecular weight excluding hydrogens is 1470 g/mol. The molecular formula is C75H54F11IN12O4. The van der Waals surface area contributed by atoms with E-state index in [0.29, 0.717) is 73.7 Å². The van der Waals surface area contributed by atoms with Gasteiger partial charge in [0.05, 0.1) is 89.6 Å². The Bertz CT molecular complexity index is 5030. The maximum Gasteiger partial charge on any atom is 0.256 e. The van der Waals surface area contributed by atoms with Gasteiger partial charge in [0.25, 0.3) is 5.91 Å². The molecule has 0 aliphatic heterocycles. The molecule has 0 fully saturated rings. The van der Waals surface area contributed by atoms with Crippen LogP contribution in [0.2, 0.25) is 0 Å². The minimum Gasteiger partial charge on any atom is -0.309 e. The first-order chi connectivity index (χ1) is 49.2. The summed E-state index contributed by atoms with van der Waals surface area (Å²) in [4.78, 5) is 82.5. The number of anilines is 4. The highest BCUT2D eigenvalue weighted by atomic mass is 127. The van der Waals surface area contributed by atoms with Crippen LogP contribution in [-0.2, 0) is 33.6 Å². The van der Waals surface area contributed by atoms with Crippen molar-refractivity contribution >= 4 is 69.5 Å². The Hall–Kier alpha value is -12.1. The summed E-state index contributed by atoms with van der Waals surface area (Å²) in [6.07, 6.45) is 4.91. The van der Waals surface area contributed by atoms with Gasteiger partial charge >= 0.3 is 0 Å². The van der Waals surface area contributed by atoms with E-state index in [1.165, 1.54) is 86.0 Å². The number of nitrogens with zero attached hydrogens (tertiary/aromatic N) is 8. The lowest BCUT2D eigenvalue weighted by Gasteiger charge is -2.10. The van der Waals surface area contributed by atoms with Crippen molar-refractivity contribution in [3.05, 3.63) is 307 Å². The Balaban J connectivity index is 0.000000160. The Morgan fingerprint density at radius 2 is 0.650 bits per heavy atom. The molecule has 0 aliphatic rings. The molecule has 0 radical (unpaired) electrons. The smallest absolute Gasteiger partial charge is 0.256 e. The van der Waals surface area contributed by atoms with E-state index < -0.39 is 70.3 Å². The number of halogens is 12. The van der Waals surface area contributed by atoms with Crippen LogP contribution in [0.25, 0.3) is 45.0 Å². The van der Waals surface area contributed by atoms with Gasteiger partial charge in [0, 0.05) is 37.0 Å². The molecule has 8 aromatic carbocycles. The summed E-state index contributed by atoms with van der Waals surface area (Å²) in [5.41, 5.74) is 7.44. The summed E-state index contributed by atoms with van der Waals surface area (Å²) in [5.74, 6) is -14.9. The summed E-state index contributed by atoms with van der Waals surface area (Å²) in [6.45, 7) is 6.70. The van der Waals surface area contributed by atoms with Crippen LogP contribution in [0, 0.1) is 95.3 Å². The number of rotatable bonds is 15. The van der Waals surface area contributed by atoms with Gasteiger partial charge in [-0.2, -0.15) is 0 Å². The molecule has 522 valence electrons. The monoisotopic (exact) mass is 1520 g/mol. The molecule has 28 heteroatoms. The lowest BCUT2D eigenvalue weighted by Crippen LogP contribution is -2.19. The number of carbonyl (C=O) groups excluding carboxylic acids is 4. The highest BCUT2D eigenvalue weighted by Crippen LogP contribution is 2.27. The van der Waals surface area contributed by atoms with Gasteiger partial charge in [0.2, 0.25) is 23.5 Å². The maximum absolute atomic E-state index is 13.7. The van der Waals surface area contributed by atoms with Gasteiger partial charge in [-0.15, -0.1) is 0 Å². The van der Waals surface area contributed by atoms with Crippen LogP contribution in [0.1, 0.15) is 49.8 Å². The third kappa shape index (κ3) is 20.8. The van der Waals surface area contributed by atoms with Crippen LogP contribution in [0.15, 0.2) is 195 Å². The largest absolute Gasteiger partial charge is 0.309 e. The molecule has 12 aromatic rings. The molecule has 4 aromatic heterocycles. The number of amides is 4. The van der Waals surface area contributed by atoms with E-state index in [2.05, 4.69) is 83.7 Å². The molecule has 103 heavy (non-hydrogen) atoms. The number of nitrogens with one attached hydrogen (secondary N) is 4. The van der Waals surface area contributed by atoms with Crippen molar-refractivity contribution in [3.8, 4) is 45.0 Å².